The summed E-state index contributed by atoms with van der Waals surface area (Å²) in [6.07, 6.45) is 2.00. The highest BCUT2D eigenvalue weighted by Crippen LogP contribution is 2.31. The van der Waals surface area contributed by atoms with E-state index in [9.17, 15) is 22.8 Å². The maximum absolute atomic E-state index is 12.1. The Morgan fingerprint density at radius 2 is 1.70 bits per heavy atom. The summed E-state index contributed by atoms with van der Waals surface area (Å²) in [7, 11) is -1.20. The molecule has 1 fully saturated rings. The van der Waals surface area contributed by atoms with Gasteiger partial charge in [0.05, 0.1) is 36.6 Å². The molecule has 30 heavy (non-hydrogen) atoms. The highest BCUT2D eigenvalue weighted by molar-refractivity contribution is 7.90. The number of esters is 2. The largest absolute Gasteiger partial charge is 0.466 e. The Labute approximate surface area is 175 Å². The van der Waals surface area contributed by atoms with Gasteiger partial charge in [0.1, 0.15) is 5.70 Å². The Balaban J connectivity index is 2.46. The molecule has 0 saturated carbocycles. The molecule has 0 unspecified atom stereocenters. The number of methoxy groups -OCH3 is 2. The van der Waals surface area contributed by atoms with E-state index in [0.29, 0.717) is 37.6 Å². The van der Waals surface area contributed by atoms with E-state index in [1.54, 1.807) is 11.0 Å². The summed E-state index contributed by atoms with van der Waals surface area (Å²) in [6.45, 7) is 3.54. The van der Waals surface area contributed by atoms with Gasteiger partial charge in [-0.25, -0.2) is 18.0 Å². The molecule has 1 heterocycles. The molecular formula is C19H25N3O7S. The molecule has 0 spiro atoms. The zero-order valence-corrected chi connectivity index (χ0v) is 18.1. The van der Waals surface area contributed by atoms with E-state index < -0.39 is 21.8 Å². The fourth-order valence-corrected chi connectivity index (χ4v) is 3.61. The van der Waals surface area contributed by atoms with Crippen molar-refractivity contribution >= 4 is 39.1 Å². The average molecular weight is 439 g/mol. The van der Waals surface area contributed by atoms with E-state index in [1.165, 1.54) is 19.1 Å². The first kappa shape index (κ1) is 23.2. The SMILES string of the molecule is COC(=O)/C=C(/Nc1cc(S(C)(=O)=O)ccc1N1CCN(C(C)=O)CC1)C(=O)OC. The average Bonchev–Trinajstić information content (AvgIpc) is 2.71. The Morgan fingerprint density at radius 3 is 2.20 bits per heavy atom. The molecule has 11 heteroatoms. The first-order valence-electron chi connectivity index (χ1n) is 9.06. The third-order valence-electron chi connectivity index (χ3n) is 4.60. The van der Waals surface area contributed by atoms with Gasteiger partial charge in [0.15, 0.2) is 9.84 Å². The van der Waals surface area contributed by atoms with Gasteiger partial charge in [0, 0.05) is 39.4 Å². The Hall–Kier alpha value is -3.08. The second-order valence-electron chi connectivity index (χ2n) is 6.64. The van der Waals surface area contributed by atoms with E-state index in [2.05, 4.69) is 10.1 Å². The maximum Gasteiger partial charge on any atom is 0.354 e. The van der Waals surface area contributed by atoms with E-state index in [4.69, 9.17) is 4.74 Å². The van der Waals surface area contributed by atoms with Gasteiger partial charge in [-0.2, -0.15) is 0 Å². The number of ether oxygens (including phenoxy) is 2. The van der Waals surface area contributed by atoms with Gasteiger partial charge in [0.25, 0.3) is 0 Å². The summed E-state index contributed by atoms with van der Waals surface area (Å²) in [5, 5.41) is 2.81. The highest BCUT2D eigenvalue weighted by atomic mass is 32.2. The van der Waals surface area contributed by atoms with Crippen molar-refractivity contribution in [2.75, 3.05) is 56.9 Å². The number of rotatable bonds is 6. The molecule has 0 radical (unpaired) electrons. The van der Waals surface area contributed by atoms with Crippen molar-refractivity contribution < 1.29 is 32.3 Å². The molecule has 1 amide bonds. The maximum atomic E-state index is 12.1. The normalized spacial score (nSPS) is 14.9. The third kappa shape index (κ3) is 5.72. The zero-order chi connectivity index (χ0) is 22.5. The van der Waals surface area contributed by atoms with Crippen molar-refractivity contribution in [3.05, 3.63) is 30.0 Å². The third-order valence-corrected chi connectivity index (χ3v) is 5.71. The number of nitrogens with one attached hydrogen (secondary N) is 1. The van der Waals surface area contributed by atoms with Gasteiger partial charge < -0.3 is 24.6 Å². The lowest BCUT2D eigenvalue weighted by Gasteiger charge is -2.36. The monoisotopic (exact) mass is 439 g/mol. The van der Waals surface area contributed by atoms with Gasteiger partial charge in [-0.15, -0.1) is 0 Å². The summed E-state index contributed by atoms with van der Waals surface area (Å²) in [5.74, 6) is -1.62. The standard InChI is InChI=1S/C19H25N3O7S/c1-13(23)21-7-9-22(10-8-21)17-6-5-14(30(4,26)27)11-15(17)20-16(19(25)29-3)12-18(24)28-2/h5-6,11-12,20H,7-10H2,1-4H3/b16-12+. The molecule has 164 valence electrons. The number of carbonyl (C=O) groups is 3. The molecule has 0 bridgehead atoms. The molecule has 0 aliphatic carbocycles. The van der Waals surface area contributed by atoms with Crippen LogP contribution >= 0.6 is 0 Å². The van der Waals surface area contributed by atoms with Crippen LogP contribution in [0.3, 0.4) is 0 Å². The van der Waals surface area contributed by atoms with Gasteiger partial charge in [-0.05, 0) is 18.2 Å². The summed E-state index contributed by atoms with van der Waals surface area (Å²) in [4.78, 5) is 39.1. The summed E-state index contributed by atoms with van der Waals surface area (Å²) >= 11 is 0. The Morgan fingerprint density at radius 1 is 1.07 bits per heavy atom. The minimum Gasteiger partial charge on any atom is -0.466 e. The van der Waals surface area contributed by atoms with Crippen LogP contribution in [-0.2, 0) is 33.7 Å². The van der Waals surface area contributed by atoms with Crippen molar-refractivity contribution in [1.82, 2.24) is 4.90 Å². The van der Waals surface area contributed by atoms with Crippen molar-refractivity contribution in [2.45, 2.75) is 11.8 Å². The number of anilines is 2. The Kier molecular flexibility index (Phi) is 7.43. The van der Waals surface area contributed by atoms with Crippen molar-refractivity contribution in [3.63, 3.8) is 0 Å². The second-order valence-corrected chi connectivity index (χ2v) is 8.66. The number of nitrogens with zero attached hydrogens (tertiary/aromatic N) is 2. The predicted molar refractivity (Wildman–Crippen MR) is 110 cm³/mol. The van der Waals surface area contributed by atoms with Crippen LogP contribution < -0.4 is 10.2 Å². The lowest BCUT2D eigenvalue weighted by Crippen LogP contribution is -2.48. The van der Waals surface area contributed by atoms with Crippen LogP contribution in [-0.4, -0.2) is 77.8 Å². The lowest BCUT2D eigenvalue weighted by molar-refractivity contribution is -0.138. The predicted octanol–water partition coefficient (Wildman–Crippen LogP) is 0.400. The van der Waals surface area contributed by atoms with Crippen LogP contribution in [0.25, 0.3) is 0 Å². The van der Waals surface area contributed by atoms with Crippen LogP contribution in [0.4, 0.5) is 11.4 Å². The van der Waals surface area contributed by atoms with E-state index in [1.807, 2.05) is 4.90 Å². The number of sulfone groups is 1. The van der Waals surface area contributed by atoms with E-state index in [0.717, 1.165) is 26.6 Å². The Bertz CT molecular complexity index is 964. The van der Waals surface area contributed by atoms with E-state index in [-0.39, 0.29) is 16.5 Å². The quantitative estimate of drug-likeness (QED) is 0.496. The zero-order valence-electron chi connectivity index (χ0n) is 17.3. The van der Waals surface area contributed by atoms with E-state index >= 15 is 0 Å². The molecule has 0 atom stereocenters. The summed E-state index contributed by atoms with van der Waals surface area (Å²) < 4.78 is 33.3. The molecule has 10 nitrogen and oxygen atoms in total. The highest BCUT2D eigenvalue weighted by Gasteiger charge is 2.23. The fourth-order valence-electron chi connectivity index (χ4n) is 2.96. The summed E-state index contributed by atoms with van der Waals surface area (Å²) in [5.41, 5.74) is 0.707. The number of hydrogen-bond donors (Lipinski definition) is 1. The number of hydrogen-bond acceptors (Lipinski definition) is 9. The molecular weight excluding hydrogens is 414 g/mol. The minimum absolute atomic E-state index is 0.0191. The molecule has 1 aromatic carbocycles. The molecule has 1 aliphatic rings. The molecule has 0 aromatic heterocycles. The molecule has 1 aliphatic heterocycles. The first-order chi connectivity index (χ1) is 14.1. The number of amides is 1. The van der Waals surface area contributed by atoms with Gasteiger partial charge in [0.2, 0.25) is 5.91 Å². The van der Waals surface area contributed by atoms with Crippen molar-refractivity contribution in [1.29, 1.82) is 0 Å². The topological polar surface area (TPSA) is 122 Å². The lowest BCUT2D eigenvalue weighted by atomic mass is 10.2. The van der Waals surface area contributed by atoms with Gasteiger partial charge in [-0.3, -0.25) is 4.79 Å². The molecule has 1 aromatic rings. The minimum atomic E-state index is -3.52. The number of carbonyl (C=O) groups excluding carboxylic acids is 3. The number of piperazine rings is 1. The van der Waals surface area contributed by atoms with Crippen molar-refractivity contribution in [2.24, 2.45) is 0 Å². The van der Waals surface area contributed by atoms with Gasteiger partial charge in [-0.1, -0.05) is 0 Å². The van der Waals surface area contributed by atoms with Crippen LogP contribution in [0.2, 0.25) is 0 Å². The van der Waals surface area contributed by atoms with Crippen LogP contribution in [0, 0.1) is 0 Å². The van der Waals surface area contributed by atoms with Gasteiger partial charge >= 0.3 is 11.9 Å². The van der Waals surface area contributed by atoms with Crippen LogP contribution in [0.15, 0.2) is 34.9 Å². The van der Waals surface area contributed by atoms with Crippen molar-refractivity contribution in [3.8, 4) is 0 Å². The molecule has 1 saturated heterocycles. The molecule has 1 N–H and O–H groups in total. The van der Waals surface area contributed by atoms with Crippen LogP contribution in [0.5, 0.6) is 0 Å². The van der Waals surface area contributed by atoms with Crippen LogP contribution in [0.1, 0.15) is 6.92 Å². The number of benzene rings is 1. The fraction of sp³-hybridized carbons (Fsp3) is 0.421. The first-order valence-corrected chi connectivity index (χ1v) is 11.0. The molecule has 2 rings (SSSR count). The smallest absolute Gasteiger partial charge is 0.354 e. The second kappa shape index (κ2) is 9.61. The summed E-state index contributed by atoms with van der Waals surface area (Å²) in [6, 6.07) is 4.47.